The van der Waals surface area contributed by atoms with Crippen molar-refractivity contribution in [2.24, 2.45) is 0 Å². The summed E-state index contributed by atoms with van der Waals surface area (Å²) < 4.78 is 0. The van der Waals surface area contributed by atoms with Crippen LogP contribution in [0, 0.1) is 0 Å². The van der Waals surface area contributed by atoms with Gasteiger partial charge in [-0.1, -0.05) is 12.1 Å². The predicted octanol–water partition coefficient (Wildman–Crippen LogP) is -2.82. The molecule has 4 heterocycles. The van der Waals surface area contributed by atoms with Crippen molar-refractivity contribution < 1.29 is 72.6 Å². The molecule has 4 fully saturated rings. The van der Waals surface area contributed by atoms with E-state index in [9.17, 15) is 9.59 Å². The maximum atomic E-state index is 10.5. The van der Waals surface area contributed by atoms with E-state index >= 15 is 0 Å². The Morgan fingerprint density at radius 2 is 1.00 bits per heavy atom. The van der Waals surface area contributed by atoms with Crippen molar-refractivity contribution in [1.82, 2.24) is 19.6 Å². The summed E-state index contributed by atoms with van der Waals surface area (Å²) in [6.45, 7) is 7.12. The Balaban J connectivity index is 0.000000223. The van der Waals surface area contributed by atoms with Gasteiger partial charge in [0.05, 0.1) is 51.1 Å². The van der Waals surface area contributed by atoms with Gasteiger partial charge in [-0.2, -0.15) is 0 Å². The van der Waals surface area contributed by atoms with Gasteiger partial charge in [0.2, 0.25) is 0 Å². The minimum Gasteiger partial charge on any atom is -1.00 e. The van der Waals surface area contributed by atoms with E-state index < -0.39 is 11.9 Å². The van der Waals surface area contributed by atoms with E-state index in [1.165, 1.54) is 64.3 Å². The SMILES string of the molecule is C1N2CN3CN1CN(C2)C3.O=C(O)c1ccccc1C(=O)O.[H-].[K+]. The zero-order chi connectivity index (χ0) is 15.7. The number of hydrogen-bond acceptors (Lipinski definition) is 6. The molecule has 4 aliphatic rings. The second-order valence-corrected chi connectivity index (χ2v) is 5.69. The molecule has 0 radical (unpaired) electrons. The molecule has 4 aliphatic heterocycles. The molecule has 1 aromatic rings. The molecular formula is C14H19KN4O4. The summed E-state index contributed by atoms with van der Waals surface area (Å²) in [5, 5.41) is 17.1. The summed E-state index contributed by atoms with van der Waals surface area (Å²) in [5.41, 5.74) is -0.380. The summed E-state index contributed by atoms with van der Waals surface area (Å²) in [7, 11) is 0. The minimum atomic E-state index is -1.23. The topological polar surface area (TPSA) is 87.6 Å². The molecule has 0 amide bonds. The van der Waals surface area contributed by atoms with Crippen LogP contribution in [0.15, 0.2) is 24.3 Å². The minimum absolute atomic E-state index is 0. The molecule has 23 heavy (non-hydrogen) atoms. The van der Waals surface area contributed by atoms with Crippen LogP contribution in [0.25, 0.3) is 0 Å². The quantitative estimate of drug-likeness (QED) is 0.555. The van der Waals surface area contributed by atoms with E-state index in [0.29, 0.717) is 0 Å². The third-order valence-electron chi connectivity index (χ3n) is 3.79. The molecule has 0 unspecified atom stereocenters. The van der Waals surface area contributed by atoms with E-state index in [-0.39, 0.29) is 63.9 Å². The molecule has 0 atom stereocenters. The first-order chi connectivity index (χ1) is 10.5. The predicted molar refractivity (Wildman–Crippen MR) is 78.0 cm³/mol. The number of rotatable bonds is 2. The molecule has 9 heteroatoms. The van der Waals surface area contributed by atoms with Crippen LogP contribution in [0.4, 0.5) is 0 Å². The second-order valence-electron chi connectivity index (χ2n) is 5.69. The van der Waals surface area contributed by atoms with Gasteiger partial charge in [0, 0.05) is 0 Å². The van der Waals surface area contributed by atoms with Crippen molar-refractivity contribution in [3.8, 4) is 0 Å². The smallest absolute Gasteiger partial charge is 1.00 e. The molecule has 120 valence electrons. The molecule has 1 aromatic carbocycles. The number of hydrogen-bond donors (Lipinski definition) is 2. The first-order valence-electron chi connectivity index (χ1n) is 6.98. The number of benzene rings is 1. The summed E-state index contributed by atoms with van der Waals surface area (Å²) in [6, 6.07) is 5.48. The van der Waals surface area contributed by atoms with Crippen LogP contribution in [-0.2, 0) is 0 Å². The number of carboxylic acids is 2. The fourth-order valence-corrected chi connectivity index (χ4v) is 3.09. The van der Waals surface area contributed by atoms with Crippen LogP contribution in [0.3, 0.4) is 0 Å². The van der Waals surface area contributed by atoms with Crippen LogP contribution >= 0.6 is 0 Å². The second kappa shape index (κ2) is 8.14. The van der Waals surface area contributed by atoms with Gasteiger partial charge in [-0.3, -0.25) is 19.6 Å². The summed E-state index contributed by atoms with van der Waals surface area (Å²) >= 11 is 0. The molecule has 8 nitrogen and oxygen atoms in total. The molecule has 0 aromatic heterocycles. The van der Waals surface area contributed by atoms with Crippen molar-refractivity contribution in [3.05, 3.63) is 35.4 Å². The molecule has 0 saturated carbocycles. The van der Waals surface area contributed by atoms with E-state index in [0.717, 1.165) is 0 Å². The molecule has 5 rings (SSSR count). The van der Waals surface area contributed by atoms with Crippen LogP contribution in [0.1, 0.15) is 22.1 Å². The van der Waals surface area contributed by atoms with Crippen molar-refractivity contribution >= 4 is 11.9 Å². The monoisotopic (exact) mass is 346 g/mol. The van der Waals surface area contributed by atoms with E-state index in [2.05, 4.69) is 19.6 Å². The fraction of sp³-hybridized carbons (Fsp3) is 0.429. The molecule has 4 saturated heterocycles. The largest absolute Gasteiger partial charge is 1.00 e. The summed E-state index contributed by atoms with van der Waals surface area (Å²) in [5.74, 6) is -2.46. The van der Waals surface area contributed by atoms with Crippen LogP contribution < -0.4 is 51.4 Å². The Kier molecular flexibility index (Phi) is 6.72. The first-order valence-corrected chi connectivity index (χ1v) is 6.98. The van der Waals surface area contributed by atoms with Gasteiger partial charge in [0.25, 0.3) is 0 Å². The number of aromatic carboxylic acids is 2. The van der Waals surface area contributed by atoms with Gasteiger partial charge in [-0.25, -0.2) is 9.59 Å². The average molecular weight is 346 g/mol. The Bertz CT molecular complexity index is 514. The maximum Gasteiger partial charge on any atom is 1.00 e. The zero-order valence-corrected chi connectivity index (χ0v) is 16.2. The number of nitrogens with zero attached hydrogens (tertiary/aromatic N) is 4. The molecule has 4 bridgehead atoms. The maximum absolute atomic E-state index is 10.5. The van der Waals surface area contributed by atoms with E-state index in [4.69, 9.17) is 10.2 Å². The van der Waals surface area contributed by atoms with Crippen LogP contribution in [0.5, 0.6) is 0 Å². The average Bonchev–Trinajstić information content (AvgIpc) is 2.46. The van der Waals surface area contributed by atoms with Gasteiger partial charge in [-0.05, 0) is 12.1 Å². The van der Waals surface area contributed by atoms with Gasteiger partial charge in [0.1, 0.15) is 0 Å². The number of carbonyl (C=O) groups is 2. The van der Waals surface area contributed by atoms with Crippen LogP contribution in [-0.4, -0.2) is 81.8 Å². The Morgan fingerprint density at radius 3 is 1.22 bits per heavy atom. The molecule has 0 spiro atoms. The van der Waals surface area contributed by atoms with Crippen molar-refractivity contribution in [3.63, 3.8) is 0 Å². The Hall–Kier alpha value is -0.364. The van der Waals surface area contributed by atoms with Crippen molar-refractivity contribution in [2.45, 2.75) is 0 Å². The van der Waals surface area contributed by atoms with Gasteiger partial charge in [0.15, 0.2) is 0 Å². The van der Waals surface area contributed by atoms with Crippen molar-refractivity contribution in [2.75, 3.05) is 40.0 Å². The first kappa shape index (κ1) is 19.0. The van der Waals surface area contributed by atoms with Gasteiger partial charge < -0.3 is 11.6 Å². The fourth-order valence-electron chi connectivity index (χ4n) is 3.09. The molecular weight excluding hydrogens is 327 g/mol. The molecule has 0 aliphatic carbocycles. The van der Waals surface area contributed by atoms with E-state index in [1.54, 1.807) is 0 Å². The third kappa shape index (κ3) is 4.59. The standard InChI is InChI=1S/C8H6O4.C6H12N4.K.H/c9-7(10)5-3-1-2-4-6(5)8(11)12;1-7-2-9-4-8(1)5-10(3-7)6-9;;/h1-4H,(H,9,10)(H,11,12);1-6H2;;/q;;+1;-1. The van der Waals surface area contributed by atoms with E-state index in [1.807, 2.05) is 0 Å². The number of carboxylic acid groups (broad SMARTS) is 2. The zero-order valence-electron chi connectivity index (χ0n) is 14.1. The summed E-state index contributed by atoms with van der Waals surface area (Å²) in [6.07, 6.45) is 0. The van der Waals surface area contributed by atoms with Crippen molar-refractivity contribution in [1.29, 1.82) is 0 Å². The van der Waals surface area contributed by atoms with Gasteiger partial charge in [-0.15, -0.1) is 0 Å². The Morgan fingerprint density at radius 1 is 0.739 bits per heavy atom. The third-order valence-corrected chi connectivity index (χ3v) is 3.79. The normalized spacial score (nSPS) is 29.9. The summed E-state index contributed by atoms with van der Waals surface area (Å²) in [4.78, 5) is 30.8. The van der Waals surface area contributed by atoms with Gasteiger partial charge >= 0.3 is 63.3 Å². The molecule has 2 N–H and O–H groups in total. The Labute approximate surface area is 178 Å². The van der Waals surface area contributed by atoms with Crippen LogP contribution in [0.2, 0.25) is 0 Å².